The number of carbonyl (C=O) groups excluding carboxylic acids is 1. The van der Waals surface area contributed by atoms with Crippen molar-refractivity contribution in [2.45, 2.75) is 18.9 Å². The molecule has 1 heterocycles. The van der Waals surface area contributed by atoms with Crippen LogP contribution in [0.4, 0.5) is 0 Å². The van der Waals surface area contributed by atoms with Crippen LogP contribution in [-0.4, -0.2) is 59.6 Å². The highest BCUT2D eigenvalue weighted by Gasteiger charge is 2.32. The van der Waals surface area contributed by atoms with E-state index in [1.54, 1.807) is 12.1 Å². The molecule has 0 radical (unpaired) electrons. The van der Waals surface area contributed by atoms with E-state index < -0.39 is 0 Å². The van der Waals surface area contributed by atoms with Gasteiger partial charge in [-0.1, -0.05) is 23.7 Å². The summed E-state index contributed by atoms with van der Waals surface area (Å²) < 4.78 is 0. The number of β-amino-alcohol motifs (C(OH)–C–C–N with tert-alkyl or cyclic N) is 1. The predicted molar refractivity (Wildman–Crippen MR) is 89.8 cm³/mol. The fourth-order valence-corrected chi connectivity index (χ4v) is 3.05. The Morgan fingerprint density at radius 3 is 2.45 bits per heavy atom. The summed E-state index contributed by atoms with van der Waals surface area (Å²) in [6, 6.07) is 7.18. The summed E-state index contributed by atoms with van der Waals surface area (Å²) in [6.45, 7) is 3.77. The first-order valence-electron chi connectivity index (χ1n) is 7.59. The first-order valence-corrected chi connectivity index (χ1v) is 7.97. The summed E-state index contributed by atoms with van der Waals surface area (Å²) in [7, 11) is 0. The van der Waals surface area contributed by atoms with Gasteiger partial charge >= 0.3 is 0 Å². The lowest BCUT2D eigenvalue weighted by molar-refractivity contribution is 0.0489. The van der Waals surface area contributed by atoms with E-state index in [1.807, 2.05) is 17.0 Å². The second-order valence-electron chi connectivity index (χ2n) is 5.98. The van der Waals surface area contributed by atoms with Crippen LogP contribution in [0.15, 0.2) is 24.3 Å². The molecule has 1 aliphatic heterocycles. The topological polar surface area (TPSA) is 43.8 Å². The molecular formula is C16H22Cl2N2O2. The lowest BCUT2D eigenvalue weighted by Gasteiger charge is -2.35. The molecule has 1 N–H and O–H groups in total. The first kappa shape index (κ1) is 17.5. The molecule has 22 heavy (non-hydrogen) atoms. The van der Waals surface area contributed by atoms with Gasteiger partial charge in [-0.05, 0) is 30.9 Å². The number of aliphatic hydroxyl groups is 1. The van der Waals surface area contributed by atoms with Gasteiger partial charge in [-0.25, -0.2) is 0 Å². The second kappa shape index (κ2) is 7.64. The Morgan fingerprint density at radius 1 is 1.23 bits per heavy atom. The highest BCUT2D eigenvalue weighted by atomic mass is 35.5. The number of rotatable bonds is 4. The summed E-state index contributed by atoms with van der Waals surface area (Å²) in [4.78, 5) is 16.5. The molecule has 2 fully saturated rings. The van der Waals surface area contributed by atoms with Crippen LogP contribution < -0.4 is 0 Å². The van der Waals surface area contributed by atoms with E-state index in [-0.39, 0.29) is 24.4 Å². The predicted octanol–water partition coefficient (Wildman–Crippen LogP) is 2.29. The van der Waals surface area contributed by atoms with Crippen LogP contribution in [0.25, 0.3) is 0 Å². The fraction of sp³-hybridized carbons (Fsp3) is 0.562. The van der Waals surface area contributed by atoms with Gasteiger partial charge in [0.2, 0.25) is 0 Å². The van der Waals surface area contributed by atoms with Crippen molar-refractivity contribution in [3.05, 3.63) is 34.9 Å². The number of amides is 1. The molecule has 2 aliphatic rings. The molecule has 1 saturated heterocycles. The molecule has 0 spiro atoms. The average molecular weight is 345 g/mol. The van der Waals surface area contributed by atoms with Crippen LogP contribution >= 0.6 is 24.0 Å². The first-order chi connectivity index (χ1) is 10.1. The van der Waals surface area contributed by atoms with E-state index in [9.17, 15) is 9.90 Å². The Morgan fingerprint density at radius 2 is 1.86 bits per heavy atom. The Kier molecular flexibility index (Phi) is 6.09. The van der Waals surface area contributed by atoms with E-state index in [0.717, 1.165) is 32.5 Å². The van der Waals surface area contributed by atoms with Crippen LogP contribution in [0.5, 0.6) is 0 Å². The van der Waals surface area contributed by atoms with E-state index in [2.05, 4.69) is 4.90 Å². The van der Waals surface area contributed by atoms with Gasteiger partial charge < -0.3 is 10.0 Å². The van der Waals surface area contributed by atoms with Gasteiger partial charge in [-0.2, -0.15) is 0 Å². The van der Waals surface area contributed by atoms with Crippen molar-refractivity contribution in [3.63, 3.8) is 0 Å². The van der Waals surface area contributed by atoms with Crippen molar-refractivity contribution in [2.24, 2.45) is 5.92 Å². The minimum Gasteiger partial charge on any atom is -0.392 e. The van der Waals surface area contributed by atoms with Crippen molar-refractivity contribution in [1.29, 1.82) is 0 Å². The summed E-state index contributed by atoms with van der Waals surface area (Å²) in [5.74, 6) is 0.510. The van der Waals surface area contributed by atoms with Crippen LogP contribution in [-0.2, 0) is 0 Å². The summed E-state index contributed by atoms with van der Waals surface area (Å²) in [5.41, 5.74) is 0.575. The zero-order valence-electron chi connectivity index (χ0n) is 12.4. The highest BCUT2D eigenvalue weighted by molar-refractivity contribution is 6.33. The number of nitrogens with zero attached hydrogens (tertiary/aromatic N) is 2. The number of hydrogen-bond donors (Lipinski definition) is 1. The normalized spacial score (nSPS) is 20.4. The van der Waals surface area contributed by atoms with Gasteiger partial charge in [-0.15, -0.1) is 12.4 Å². The zero-order valence-corrected chi connectivity index (χ0v) is 14.0. The highest BCUT2D eigenvalue weighted by Crippen LogP contribution is 2.33. The van der Waals surface area contributed by atoms with Gasteiger partial charge in [0.15, 0.2) is 0 Å². The third kappa shape index (κ3) is 4.13. The Hall–Kier alpha value is -0.810. The summed E-state index contributed by atoms with van der Waals surface area (Å²) in [6.07, 6.45) is 2.12. The number of aliphatic hydroxyl groups excluding tert-OH is 1. The molecule has 1 aromatic rings. The third-order valence-corrected chi connectivity index (χ3v) is 4.70. The molecule has 122 valence electrons. The summed E-state index contributed by atoms with van der Waals surface area (Å²) >= 11 is 6.09. The molecule has 1 aromatic carbocycles. The molecule has 3 rings (SSSR count). The smallest absolute Gasteiger partial charge is 0.255 e. The van der Waals surface area contributed by atoms with Crippen molar-refractivity contribution in [1.82, 2.24) is 9.80 Å². The van der Waals surface area contributed by atoms with Crippen LogP contribution in [0.1, 0.15) is 23.2 Å². The van der Waals surface area contributed by atoms with Gasteiger partial charge in [0.25, 0.3) is 5.91 Å². The van der Waals surface area contributed by atoms with E-state index >= 15 is 0 Å². The van der Waals surface area contributed by atoms with Crippen molar-refractivity contribution >= 4 is 29.9 Å². The number of halogens is 2. The maximum Gasteiger partial charge on any atom is 0.255 e. The van der Waals surface area contributed by atoms with Gasteiger partial charge in [0, 0.05) is 32.7 Å². The lowest BCUT2D eigenvalue weighted by Crippen LogP contribution is -2.50. The van der Waals surface area contributed by atoms with Crippen LogP contribution in [0.2, 0.25) is 5.02 Å². The number of hydrogen-bond acceptors (Lipinski definition) is 3. The molecule has 0 bridgehead atoms. The zero-order chi connectivity index (χ0) is 14.8. The minimum absolute atomic E-state index is 0. The molecule has 1 atom stereocenters. The molecule has 1 amide bonds. The van der Waals surface area contributed by atoms with Crippen molar-refractivity contribution < 1.29 is 9.90 Å². The quantitative estimate of drug-likeness (QED) is 0.911. The van der Waals surface area contributed by atoms with Gasteiger partial charge in [0.1, 0.15) is 0 Å². The fourth-order valence-electron chi connectivity index (χ4n) is 2.83. The van der Waals surface area contributed by atoms with Gasteiger partial charge in [0.05, 0.1) is 16.7 Å². The molecule has 4 nitrogen and oxygen atoms in total. The standard InChI is InChI=1S/C16H21ClN2O2.ClH/c17-14-4-2-1-3-13(14)16(21)19-9-7-18(8-10-19)11-15(20)12-5-6-12;/h1-4,12,15,20H,5-11H2;1H. The number of piperazine rings is 1. The second-order valence-corrected chi connectivity index (χ2v) is 6.38. The SMILES string of the molecule is Cl.O=C(c1ccccc1Cl)N1CCN(CC(O)C2CC2)CC1. The number of benzene rings is 1. The maximum atomic E-state index is 12.4. The van der Waals surface area contributed by atoms with E-state index in [4.69, 9.17) is 11.6 Å². The molecular weight excluding hydrogens is 323 g/mol. The van der Waals surface area contributed by atoms with Crippen LogP contribution in [0, 0.1) is 5.92 Å². The van der Waals surface area contributed by atoms with E-state index in [0.29, 0.717) is 29.6 Å². The Balaban J connectivity index is 0.00000176. The van der Waals surface area contributed by atoms with Crippen molar-refractivity contribution in [2.75, 3.05) is 32.7 Å². The average Bonchev–Trinajstić information content (AvgIpc) is 3.32. The molecule has 1 unspecified atom stereocenters. The molecule has 1 aliphatic carbocycles. The van der Waals surface area contributed by atoms with Crippen molar-refractivity contribution in [3.8, 4) is 0 Å². The summed E-state index contributed by atoms with van der Waals surface area (Å²) in [5, 5.41) is 10.5. The molecule has 6 heteroatoms. The monoisotopic (exact) mass is 344 g/mol. The minimum atomic E-state index is -0.198. The Labute approximate surface area is 142 Å². The number of carbonyl (C=O) groups is 1. The molecule has 0 aromatic heterocycles. The largest absolute Gasteiger partial charge is 0.392 e. The molecule has 1 saturated carbocycles. The lowest BCUT2D eigenvalue weighted by atomic mass is 10.1. The maximum absolute atomic E-state index is 12.4. The van der Waals surface area contributed by atoms with Crippen LogP contribution in [0.3, 0.4) is 0 Å². The van der Waals surface area contributed by atoms with E-state index in [1.165, 1.54) is 0 Å². The Bertz CT molecular complexity index is 515. The van der Waals surface area contributed by atoms with Gasteiger partial charge in [-0.3, -0.25) is 9.69 Å². The third-order valence-electron chi connectivity index (χ3n) is 4.38.